The molecule has 0 aromatic carbocycles. The first kappa shape index (κ1) is 14.0. The van der Waals surface area contributed by atoms with Crippen molar-refractivity contribution in [1.29, 1.82) is 0 Å². The Kier molecular flexibility index (Phi) is 5.64. The van der Waals surface area contributed by atoms with E-state index in [0.29, 0.717) is 6.04 Å². The molecule has 0 bridgehead atoms. The van der Waals surface area contributed by atoms with E-state index in [9.17, 15) is 0 Å². The van der Waals surface area contributed by atoms with Crippen molar-refractivity contribution in [2.24, 2.45) is 0 Å². The fraction of sp³-hybridized carbons (Fsp3) is 0.800. The highest BCUT2D eigenvalue weighted by atomic mass is 32.1. The summed E-state index contributed by atoms with van der Waals surface area (Å²) in [7, 11) is 0. The minimum absolute atomic E-state index is 0.500. The zero-order valence-electron chi connectivity index (χ0n) is 11.8. The van der Waals surface area contributed by atoms with Crippen LogP contribution in [0.25, 0.3) is 0 Å². The average Bonchev–Trinajstić information content (AvgIpc) is 2.82. The molecule has 1 aliphatic rings. The van der Waals surface area contributed by atoms with Crippen LogP contribution >= 0.6 is 11.3 Å². The van der Waals surface area contributed by atoms with E-state index in [-0.39, 0.29) is 0 Å². The van der Waals surface area contributed by atoms with Gasteiger partial charge in [-0.05, 0) is 45.1 Å². The van der Waals surface area contributed by atoms with Gasteiger partial charge in [0.15, 0.2) is 0 Å². The molecule has 1 heterocycles. The molecule has 18 heavy (non-hydrogen) atoms. The van der Waals surface area contributed by atoms with Crippen LogP contribution in [0.1, 0.15) is 74.0 Å². The van der Waals surface area contributed by atoms with Gasteiger partial charge in [-0.3, -0.25) is 0 Å². The van der Waals surface area contributed by atoms with Gasteiger partial charge in [-0.2, -0.15) is 0 Å². The van der Waals surface area contributed by atoms with Gasteiger partial charge < -0.3 is 5.32 Å². The van der Waals surface area contributed by atoms with Crippen molar-refractivity contribution >= 4 is 11.3 Å². The summed E-state index contributed by atoms with van der Waals surface area (Å²) >= 11 is 1.97. The molecule has 1 aromatic rings. The summed E-state index contributed by atoms with van der Waals surface area (Å²) in [6.45, 7) is 5.61. The van der Waals surface area contributed by atoms with Crippen LogP contribution in [-0.4, -0.2) is 11.5 Å². The molecule has 1 unspecified atom stereocenters. The lowest BCUT2D eigenvalue weighted by Crippen LogP contribution is -2.22. The summed E-state index contributed by atoms with van der Waals surface area (Å²) in [5.41, 5.74) is 1.40. The zero-order valence-corrected chi connectivity index (χ0v) is 12.6. The molecule has 1 aromatic heterocycles. The van der Waals surface area contributed by atoms with Crippen LogP contribution in [-0.2, 0) is 12.8 Å². The van der Waals surface area contributed by atoms with Crippen LogP contribution in [0.3, 0.4) is 0 Å². The normalized spacial score (nSPS) is 16.6. The highest BCUT2D eigenvalue weighted by Gasteiger charge is 2.20. The van der Waals surface area contributed by atoms with Gasteiger partial charge in [0.25, 0.3) is 0 Å². The van der Waals surface area contributed by atoms with E-state index < -0.39 is 0 Å². The maximum absolute atomic E-state index is 4.91. The molecule has 0 spiro atoms. The number of rotatable bonds is 7. The minimum Gasteiger partial charge on any atom is -0.308 e. The Balaban J connectivity index is 2.05. The Morgan fingerprint density at radius 1 is 1.22 bits per heavy atom. The lowest BCUT2D eigenvalue weighted by atomic mass is 10.0. The highest BCUT2D eigenvalue weighted by molar-refractivity contribution is 7.11. The average molecular weight is 266 g/mol. The predicted molar refractivity (Wildman–Crippen MR) is 79.3 cm³/mol. The van der Waals surface area contributed by atoms with Gasteiger partial charge in [0.1, 0.15) is 5.01 Å². The van der Waals surface area contributed by atoms with Crippen molar-refractivity contribution in [3.63, 3.8) is 0 Å². The third kappa shape index (κ3) is 3.55. The molecule has 102 valence electrons. The highest BCUT2D eigenvalue weighted by Crippen LogP contribution is 2.31. The van der Waals surface area contributed by atoms with Crippen molar-refractivity contribution in [3.05, 3.63) is 15.6 Å². The second-order valence-corrected chi connectivity index (χ2v) is 6.39. The molecule has 3 heteroatoms. The number of nitrogens with one attached hydrogen (secondary N) is 1. The fourth-order valence-electron chi connectivity index (χ4n) is 2.56. The zero-order chi connectivity index (χ0) is 12.8. The second kappa shape index (κ2) is 7.25. The van der Waals surface area contributed by atoms with Crippen LogP contribution in [0.4, 0.5) is 0 Å². The van der Waals surface area contributed by atoms with Crippen molar-refractivity contribution in [1.82, 2.24) is 10.3 Å². The van der Waals surface area contributed by atoms with Gasteiger partial charge >= 0.3 is 0 Å². The Hall–Kier alpha value is -0.410. The summed E-state index contributed by atoms with van der Waals surface area (Å²) < 4.78 is 0. The van der Waals surface area contributed by atoms with Gasteiger partial charge in [-0.1, -0.05) is 26.7 Å². The molecule has 0 radical (unpaired) electrons. The van der Waals surface area contributed by atoms with Crippen LogP contribution in [0, 0.1) is 0 Å². The number of nitrogens with zero attached hydrogens (tertiary/aromatic N) is 1. The van der Waals surface area contributed by atoms with E-state index in [0.717, 1.165) is 6.54 Å². The smallest absolute Gasteiger partial charge is 0.110 e. The van der Waals surface area contributed by atoms with E-state index in [4.69, 9.17) is 4.98 Å². The monoisotopic (exact) mass is 266 g/mol. The van der Waals surface area contributed by atoms with Crippen molar-refractivity contribution in [2.45, 2.75) is 71.3 Å². The number of fused-ring (bicyclic) bond motifs is 1. The van der Waals surface area contributed by atoms with Gasteiger partial charge in [-0.15, -0.1) is 11.3 Å². The van der Waals surface area contributed by atoms with Crippen molar-refractivity contribution < 1.29 is 0 Å². The Labute approximate surface area is 115 Å². The van der Waals surface area contributed by atoms with Crippen LogP contribution in [0.15, 0.2) is 0 Å². The van der Waals surface area contributed by atoms with E-state index >= 15 is 0 Å². The molecule has 1 aliphatic carbocycles. The van der Waals surface area contributed by atoms with E-state index in [1.165, 1.54) is 62.1 Å². The van der Waals surface area contributed by atoms with Crippen molar-refractivity contribution in [2.75, 3.05) is 6.54 Å². The molecular weight excluding hydrogens is 240 g/mol. The van der Waals surface area contributed by atoms with Crippen LogP contribution < -0.4 is 5.32 Å². The molecule has 2 rings (SSSR count). The van der Waals surface area contributed by atoms with Crippen molar-refractivity contribution in [3.8, 4) is 0 Å². The second-order valence-electron chi connectivity index (χ2n) is 5.28. The Morgan fingerprint density at radius 3 is 2.78 bits per heavy atom. The fourth-order valence-corrected chi connectivity index (χ4v) is 3.82. The number of aromatic nitrogens is 1. The lowest BCUT2D eigenvalue weighted by molar-refractivity contribution is 0.478. The SMILES string of the molecule is CCCCC(NCCC)c1nc2c(s1)CCCC2. The first-order valence-corrected chi connectivity index (χ1v) is 8.38. The Bertz CT molecular complexity index is 328. The molecular formula is C15H26N2S. The summed E-state index contributed by atoms with van der Waals surface area (Å²) in [5.74, 6) is 0. The minimum atomic E-state index is 0.500. The molecule has 0 amide bonds. The first-order chi connectivity index (χ1) is 8.85. The quantitative estimate of drug-likeness (QED) is 0.798. The summed E-state index contributed by atoms with van der Waals surface area (Å²) in [6.07, 6.45) is 10.2. The Morgan fingerprint density at radius 2 is 2.06 bits per heavy atom. The maximum Gasteiger partial charge on any atom is 0.110 e. The third-order valence-electron chi connectivity index (χ3n) is 3.65. The van der Waals surface area contributed by atoms with Gasteiger partial charge in [0.05, 0.1) is 11.7 Å². The number of aryl methyl sites for hydroxylation is 2. The van der Waals surface area contributed by atoms with Crippen LogP contribution in [0.5, 0.6) is 0 Å². The number of thiazole rings is 1. The number of hydrogen-bond acceptors (Lipinski definition) is 3. The van der Waals surface area contributed by atoms with E-state index in [1.54, 1.807) is 4.88 Å². The van der Waals surface area contributed by atoms with Crippen LogP contribution in [0.2, 0.25) is 0 Å². The number of unbranched alkanes of at least 4 members (excludes halogenated alkanes) is 1. The van der Waals surface area contributed by atoms with E-state index in [2.05, 4.69) is 19.2 Å². The molecule has 0 saturated heterocycles. The third-order valence-corrected chi connectivity index (χ3v) is 4.92. The van der Waals surface area contributed by atoms with Gasteiger partial charge in [0, 0.05) is 4.88 Å². The summed E-state index contributed by atoms with van der Waals surface area (Å²) in [4.78, 5) is 6.48. The van der Waals surface area contributed by atoms with Gasteiger partial charge in [-0.25, -0.2) is 4.98 Å². The lowest BCUT2D eigenvalue weighted by Gasteiger charge is -2.15. The number of hydrogen-bond donors (Lipinski definition) is 1. The molecule has 0 aliphatic heterocycles. The molecule has 1 atom stereocenters. The molecule has 2 nitrogen and oxygen atoms in total. The largest absolute Gasteiger partial charge is 0.308 e. The van der Waals surface area contributed by atoms with E-state index in [1.807, 2.05) is 11.3 Å². The summed E-state index contributed by atoms with van der Waals surface area (Å²) in [5, 5.41) is 5.03. The predicted octanol–water partition coefficient (Wildman–Crippen LogP) is 4.25. The maximum atomic E-state index is 4.91. The first-order valence-electron chi connectivity index (χ1n) is 7.57. The topological polar surface area (TPSA) is 24.9 Å². The molecule has 0 fully saturated rings. The molecule has 0 saturated carbocycles. The summed E-state index contributed by atoms with van der Waals surface area (Å²) in [6, 6.07) is 0.500. The standard InChI is InChI=1S/C15H26N2S/c1-3-5-8-13(16-11-4-2)15-17-12-9-6-7-10-14(12)18-15/h13,16H,3-11H2,1-2H3. The molecule has 1 N–H and O–H groups in total. The van der Waals surface area contributed by atoms with Gasteiger partial charge in [0.2, 0.25) is 0 Å².